The van der Waals surface area contributed by atoms with Crippen LogP contribution in [0.25, 0.3) is 21.9 Å². The number of Topliss-reactive ketones (excluding diaryl/α,β-unsaturated/α-hetero) is 1. The molecule has 1 saturated carbocycles. The lowest BCUT2D eigenvalue weighted by Gasteiger charge is -2.21. The van der Waals surface area contributed by atoms with Crippen LogP contribution in [-0.2, 0) is 11.3 Å². The van der Waals surface area contributed by atoms with E-state index in [1.54, 1.807) is 30.5 Å². The fourth-order valence-corrected chi connectivity index (χ4v) is 5.24. The molecule has 0 bridgehead atoms. The minimum absolute atomic E-state index is 0.167. The number of carbonyl (C=O) groups is 2. The lowest BCUT2D eigenvalue weighted by molar-refractivity contribution is -0.144. The van der Waals surface area contributed by atoms with E-state index < -0.39 is 17.8 Å². The van der Waals surface area contributed by atoms with E-state index in [0.717, 1.165) is 16.5 Å². The normalized spacial score (nSPS) is 19.6. The topological polar surface area (TPSA) is 89.3 Å². The highest BCUT2D eigenvalue weighted by atomic mass is 35.5. The van der Waals surface area contributed by atoms with Gasteiger partial charge in [0.2, 0.25) is 0 Å². The molecule has 6 nitrogen and oxygen atoms in total. The first-order valence-corrected chi connectivity index (χ1v) is 11.9. The van der Waals surface area contributed by atoms with Gasteiger partial charge in [0, 0.05) is 28.4 Å². The van der Waals surface area contributed by atoms with Gasteiger partial charge in [-0.15, -0.1) is 0 Å². The average Bonchev–Trinajstić information content (AvgIpc) is 3.30. The number of carbonyl (C=O) groups excluding carboxylic acids is 1. The molecule has 1 aliphatic carbocycles. The molecule has 0 spiro atoms. The molecule has 5 rings (SSSR count). The quantitative estimate of drug-likeness (QED) is 0.372. The van der Waals surface area contributed by atoms with Gasteiger partial charge in [-0.05, 0) is 48.1 Å². The van der Waals surface area contributed by atoms with Crippen molar-refractivity contribution in [1.82, 2.24) is 9.78 Å². The van der Waals surface area contributed by atoms with Crippen LogP contribution in [0.3, 0.4) is 0 Å². The Morgan fingerprint density at radius 1 is 0.943 bits per heavy atom. The first-order chi connectivity index (χ1) is 16.9. The van der Waals surface area contributed by atoms with Gasteiger partial charge in [0.15, 0.2) is 5.78 Å². The summed E-state index contributed by atoms with van der Waals surface area (Å²) in [5, 5.41) is 16.2. The van der Waals surface area contributed by atoms with Gasteiger partial charge in [-0.3, -0.25) is 14.4 Å². The van der Waals surface area contributed by atoms with E-state index >= 15 is 0 Å². The summed E-state index contributed by atoms with van der Waals surface area (Å²) in [6, 6.07) is 21.8. The highest BCUT2D eigenvalue weighted by Crippen LogP contribution is 2.40. The summed E-state index contributed by atoms with van der Waals surface area (Å²) >= 11 is 5.96. The first kappa shape index (κ1) is 23.0. The second-order valence-corrected chi connectivity index (χ2v) is 9.41. The molecule has 0 amide bonds. The van der Waals surface area contributed by atoms with E-state index in [1.165, 1.54) is 4.68 Å². The molecule has 3 aromatic carbocycles. The van der Waals surface area contributed by atoms with Gasteiger partial charge < -0.3 is 5.11 Å². The molecule has 0 radical (unpaired) electrons. The Bertz CT molecular complexity index is 1460. The molecule has 3 atom stereocenters. The Labute approximate surface area is 206 Å². The standard InChI is InChI=1S/C28H23ClN2O4/c29-22-12-9-18(10-13-22)17-5-7-19(8-6-17)26(32)24-14-11-21(25(24)28(34)35)16-31-27(33)23-4-2-1-3-20(23)15-30-31/h1-10,12-13,15,21,24-25H,11,14,16H2,(H,34,35)/t21-,24-,25?/m0/s1. The SMILES string of the molecule is O=C(O)C1[C@H](Cn2ncc3ccccc3c2=O)CC[C@@H]1C(=O)c1ccc(-c2ccc(Cl)cc2)cc1. The molecule has 1 unspecified atom stereocenters. The number of halogens is 1. The number of aromatic nitrogens is 2. The maximum atomic E-state index is 13.3. The molecule has 1 fully saturated rings. The third kappa shape index (κ3) is 4.49. The van der Waals surface area contributed by atoms with Crippen molar-refractivity contribution >= 4 is 34.1 Å². The van der Waals surface area contributed by atoms with Gasteiger partial charge in [-0.25, -0.2) is 4.68 Å². The lowest BCUT2D eigenvalue weighted by atomic mass is 9.84. The third-order valence-electron chi connectivity index (χ3n) is 6.93. The zero-order valence-corrected chi connectivity index (χ0v) is 19.6. The summed E-state index contributed by atoms with van der Waals surface area (Å²) in [5.74, 6) is -3.08. The van der Waals surface area contributed by atoms with Crippen LogP contribution in [0, 0.1) is 17.8 Å². The van der Waals surface area contributed by atoms with Crippen LogP contribution in [0.5, 0.6) is 0 Å². The highest BCUT2D eigenvalue weighted by molar-refractivity contribution is 6.30. The maximum absolute atomic E-state index is 13.3. The van der Waals surface area contributed by atoms with Gasteiger partial charge in [-0.1, -0.05) is 66.2 Å². The number of benzene rings is 3. The van der Waals surface area contributed by atoms with E-state index in [9.17, 15) is 19.5 Å². The summed E-state index contributed by atoms with van der Waals surface area (Å²) in [6.45, 7) is 0.167. The molecule has 1 aliphatic rings. The van der Waals surface area contributed by atoms with E-state index in [2.05, 4.69) is 5.10 Å². The molecule has 0 saturated heterocycles. The molecular weight excluding hydrogens is 464 g/mol. The minimum atomic E-state index is -1.02. The Balaban J connectivity index is 1.36. The average molecular weight is 487 g/mol. The Kier molecular flexibility index (Phi) is 6.22. The van der Waals surface area contributed by atoms with Gasteiger partial charge in [0.05, 0.1) is 17.5 Å². The fourth-order valence-electron chi connectivity index (χ4n) is 5.12. The van der Waals surface area contributed by atoms with Crippen molar-refractivity contribution in [3.63, 3.8) is 0 Å². The van der Waals surface area contributed by atoms with Crippen molar-refractivity contribution in [2.45, 2.75) is 19.4 Å². The second-order valence-electron chi connectivity index (χ2n) is 8.98. The summed E-state index contributed by atoms with van der Waals surface area (Å²) in [6.07, 6.45) is 2.62. The molecule has 1 aromatic heterocycles. The van der Waals surface area contributed by atoms with Crippen molar-refractivity contribution in [2.75, 3.05) is 0 Å². The summed E-state index contributed by atoms with van der Waals surface area (Å²) in [5.41, 5.74) is 2.16. The molecule has 1 heterocycles. The van der Waals surface area contributed by atoms with Gasteiger partial charge in [-0.2, -0.15) is 5.10 Å². The minimum Gasteiger partial charge on any atom is -0.481 e. The van der Waals surface area contributed by atoms with Crippen molar-refractivity contribution in [3.05, 3.63) is 99.9 Å². The van der Waals surface area contributed by atoms with Crippen LogP contribution in [-0.4, -0.2) is 26.6 Å². The number of hydrogen-bond acceptors (Lipinski definition) is 4. The van der Waals surface area contributed by atoms with E-state index in [1.807, 2.05) is 48.5 Å². The summed E-state index contributed by atoms with van der Waals surface area (Å²) in [4.78, 5) is 38.4. The number of hydrogen-bond donors (Lipinski definition) is 1. The van der Waals surface area contributed by atoms with E-state index in [0.29, 0.717) is 28.8 Å². The van der Waals surface area contributed by atoms with Crippen LogP contribution in [0.1, 0.15) is 23.2 Å². The zero-order valence-electron chi connectivity index (χ0n) is 18.8. The van der Waals surface area contributed by atoms with E-state index in [-0.39, 0.29) is 23.8 Å². The summed E-state index contributed by atoms with van der Waals surface area (Å²) in [7, 11) is 0. The number of rotatable bonds is 6. The van der Waals surface area contributed by atoms with Crippen molar-refractivity contribution < 1.29 is 14.7 Å². The van der Waals surface area contributed by atoms with Crippen LogP contribution < -0.4 is 5.56 Å². The molecular formula is C28H23ClN2O4. The van der Waals surface area contributed by atoms with Crippen LogP contribution in [0.15, 0.2) is 83.8 Å². The van der Waals surface area contributed by atoms with Crippen LogP contribution in [0.4, 0.5) is 0 Å². The Morgan fingerprint density at radius 2 is 1.60 bits per heavy atom. The number of ketones is 1. The number of carboxylic acids is 1. The lowest BCUT2D eigenvalue weighted by Crippen LogP contribution is -2.34. The first-order valence-electron chi connectivity index (χ1n) is 11.5. The highest BCUT2D eigenvalue weighted by Gasteiger charge is 2.45. The zero-order chi connectivity index (χ0) is 24.5. The van der Waals surface area contributed by atoms with Gasteiger partial charge in [0.1, 0.15) is 0 Å². The number of aliphatic carboxylic acids is 1. The number of carboxylic acid groups (broad SMARTS) is 1. The van der Waals surface area contributed by atoms with Crippen LogP contribution >= 0.6 is 11.6 Å². The van der Waals surface area contributed by atoms with Crippen molar-refractivity contribution in [1.29, 1.82) is 0 Å². The molecule has 1 N–H and O–H groups in total. The number of fused-ring (bicyclic) bond motifs is 1. The predicted octanol–water partition coefficient (Wildman–Crippen LogP) is 5.33. The second kappa shape index (κ2) is 9.47. The van der Waals surface area contributed by atoms with E-state index in [4.69, 9.17) is 11.6 Å². The largest absolute Gasteiger partial charge is 0.481 e. The molecule has 4 aromatic rings. The third-order valence-corrected chi connectivity index (χ3v) is 7.18. The molecule has 7 heteroatoms. The Hall–Kier alpha value is -3.77. The summed E-state index contributed by atoms with van der Waals surface area (Å²) < 4.78 is 1.33. The molecule has 176 valence electrons. The predicted molar refractivity (Wildman–Crippen MR) is 135 cm³/mol. The van der Waals surface area contributed by atoms with Crippen molar-refractivity contribution in [3.8, 4) is 11.1 Å². The van der Waals surface area contributed by atoms with Crippen LogP contribution in [0.2, 0.25) is 5.02 Å². The monoisotopic (exact) mass is 486 g/mol. The smallest absolute Gasteiger partial charge is 0.307 e. The van der Waals surface area contributed by atoms with Gasteiger partial charge in [0.25, 0.3) is 5.56 Å². The fraction of sp³-hybridized carbons (Fsp3) is 0.214. The molecule has 35 heavy (non-hydrogen) atoms. The number of nitrogens with zero attached hydrogens (tertiary/aromatic N) is 2. The molecule has 0 aliphatic heterocycles. The van der Waals surface area contributed by atoms with Gasteiger partial charge >= 0.3 is 5.97 Å². The Morgan fingerprint density at radius 3 is 2.29 bits per heavy atom. The van der Waals surface area contributed by atoms with Crippen molar-refractivity contribution in [2.24, 2.45) is 17.8 Å². The maximum Gasteiger partial charge on any atom is 0.307 e.